The molecule has 0 unspecified atom stereocenters. The van der Waals surface area contributed by atoms with Crippen molar-refractivity contribution in [2.45, 2.75) is 0 Å². The molecule has 1 N–H and O–H groups in total. The Labute approximate surface area is 147 Å². The number of rotatable bonds is 4. The molecule has 0 aliphatic carbocycles. The van der Waals surface area contributed by atoms with Crippen molar-refractivity contribution in [3.63, 3.8) is 0 Å². The maximum Gasteiger partial charge on any atom is 0.271 e. The molecule has 0 spiro atoms. The van der Waals surface area contributed by atoms with Gasteiger partial charge >= 0.3 is 0 Å². The fourth-order valence-corrected chi connectivity index (χ4v) is 2.16. The van der Waals surface area contributed by atoms with E-state index in [1.54, 1.807) is 30.3 Å². The van der Waals surface area contributed by atoms with Crippen molar-refractivity contribution >= 4 is 46.6 Å². The van der Waals surface area contributed by atoms with Crippen molar-refractivity contribution in [1.82, 2.24) is 0 Å². The van der Waals surface area contributed by atoms with E-state index < -0.39 is 10.8 Å². The Morgan fingerprint density at radius 3 is 2.54 bits per heavy atom. The normalized spacial score (nSPS) is 10.8. The van der Waals surface area contributed by atoms with Gasteiger partial charge in [0.25, 0.3) is 11.6 Å². The zero-order valence-corrected chi connectivity index (χ0v) is 13.5. The molecule has 0 bridgehead atoms. The van der Waals surface area contributed by atoms with Crippen LogP contribution in [0.3, 0.4) is 0 Å². The zero-order valence-electron chi connectivity index (χ0n) is 12.0. The van der Waals surface area contributed by atoms with Gasteiger partial charge in [-0.2, -0.15) is 5.26 Å². The molecule has 2 aromatic carbocycles. The number of nitro benzene ring substituents is 1. The molecular formula is C16H9Cl2N3O3. The first-order chi connectivity index (χ1) is 11.4. The van der Waals surface area contributed by atoms with Crippen molar-refractivity contribution in [1.29, 1.82) is 5.26 Å². The van der Waals surface area contributed by atoms with Crippen molar-refractivity contribution in [2.75, 3.05) is 5.32 Å². The highest BCUT2D eigenvalue weighted by Gasteiger charge is 2.15. The van der Waals surface area contributed by atoms with Crippen LogP contribution in [0.15, 0.2) is 48.0 Å². The third-order valence-electron chi connectivity index (χ3n) is 2.98. The van der Waals surface area contributed by atoms with E-state index in [1.165, 1.54) is 18.2 Å². The summed E-state index contributed by atoms with van der Waals surface area (Å²) < 4.78 is 0. The van der Waals surface area contributed by atoms with Gasteiger partial charge < -0.3 is 5.32 Å². The average molecular weight is 362 g/mol. The fraction of sp³-hybridized carbons (Fsp3) is 0. The molecule has 1 amide bonds. The summed E-state index contributed by atoms with van der Waals surface area (Å²) in [4.78, 5) is 22.4. The van der Waals surface area contributed by atoms with Gasteiger partial charge in [0.05, 0.1) is 15.6 Å². The molecule has 24 heavy (non-hydrogen) atoms. The maximum absolute atomic E-state index is 12.2. The fourth-order valence-electron chi connectivity index (χ4n) is 1.81. The van der Waals surface area contributed by atoms with E-state index in [1.807, 2.05) is 0 Å². The molecule has 0 saturated heterocycles. The quantitative estimate of drug-likeness (QED) is 0.376. The molecule has 0 atom stereocenters. The summed E-state index contributed by atoms with van der Waals surface area (Å²) >= 11 is 11.9. The molecule has 0 heterocycles. The maximum atomic E-state index is 12.2. The number of halogens is 2. The van der Waals surface area contributed by atoms with E-state index in [2.05, 4.69) is 5.32 Å². The molecule has 0 fully saturated rings. The van der Waals surface area contributed by atoms with E-state index >= 15 is 0 Å². The monoisotopic (exact) mass is 361 g/mol. The van der Waals surface area contributed by atoms with Gasteiger partial charge in [-0.15, -0.1) is 0 Å². The summed E-state index contributed by atoms with van der Waals surface area (Å²) in [5, 5.41) is 22.8. The van der Waals surface area contributed by atoms with Crippen LogP contribution in [0.5, 0.6) is 0 Å². The molecule has 0 saturated carbocycles. The summed E-state index contributed by atoms with van der Waals surface area (Å²) in [7, 11) is 0. The summed E-state index contributed by atoms with van der Waals surface area (Å²) in [6.07, 6.45) is 1.32. The first-order valence-electron chi connectivity index (χ1n) is 6.54. The molecule has 0 aliphatic rings. The summed E-state index contributed by atoms with van der Waals surface area (Å²) in [5.74, 6) is -0.750. The smallest absolute Gasteiger partial charge is 0.271 e. The van der Waals surface area contributed by atoms with Crippen molar-refractivity contribution in [3.8, 4) is 6.07 Å². The number of hydrogen-bond acceptors (Lipinski definition) is 4. The van der Waals surface area contributed by atoms with E-state index in [0.717, 1.165) is 6.07 Å². The first-order valence-corrected chi connectivity index (χ1v) is 7.29. The molecule has 120 valence electrons. The molecule has 0 aromatic heterocycles. The van der Waals surface area contributed by atoms with Crippen LogP contribution < -0.4 is 5.32 Å². The van der Waals surface area contributed by atoms with Gasteiger partial charge in [-0.25, -0.2) is 0 Å². The number of nitrogens with zero attached hydrogens (tertiary/aromatic N) is 2. The molecular weight excluding hydrogens is 353 g/mol. The largest absolute Gasteiger partial charge is 0.320 e. The Bertz CT molecular complexity index is 888. The number of benzene rings is 2. The minimum Gasteiger partial charge on any atom is -0.320 e. The highest BCUT2D eigenvalue weighted by molar-refractivity contribution is 6.34. The second kappa shape index (κ2) is 7.59. The number of nitrogens with one attached hydrogen (secondary N) is 1. The van der Waals surface area contributed by atoms with Crippen molar-refractivity contribution in [2.24, 2.45) is 0 Å². The number of carbonyl (C=O) groups is 1. The predicted octanol–water partition coefficient (Wildman–Crippen LogP) is 4.45. The van der Waals surface area contributed by atoms with Crippen LogP contribution in [0.4, 0.5) is 11.4 Å². The van der Waals surface area contributed by atoms with Gasteiger partial charge in [-0.05, 0) is 23.8 Å². The lowest BCUT2D eigenvalue weighted by Gasteiger charge is -2.06. The van der Waals surface area contributed by atoms with Crippen LogP contribution >= 0.6 is 23.2 Å². The SMILES string of the molecule is N#C/C(=C\c1ccccc1Cl)C(=O)Nc1cc([N+](=O)[O-])ccc1Cl. The van der Waals surface area contributed by atoms with Crippen LogP contribution in [0.25, 0.3) is 6.08 Å². The predicted molar refractivity (Wildman–Crippen MR) is 91.8 cm³/mol. The lowest BCUT2D eigenvalue weighted by atomic mass is 10.1. The lowest BCUT2D eigenvalue weighted by Crippen LogP contribution is -2.14. The highest BCUT2D eigenvalue weighted by Crippen LogP contribution is 2.27. The van der Waals surface area contributed by atoms with Crippen molar-refractivity contribution in [3.05, 3.63) is 73.8 Å². The van der Waals surface area contributed by atoms with Gasteiger partial charge in [0.15, 0.2) is 0 Å². The van der Waals surface area contributed by atoms with Gasteiger partial charge in [0.1, 0.15) is 11.6 Å². The Balaban J connectivity index is 2.31. The van der Waals surface area contributed by atoms with E-state index in [-0.39, 0.29) is 22.0 Å². The number of non-ortho nitro benzene ring substituents is 1. The van der Waals surface area contributed by atoms with Crippen LogP contribution in [-0.2, 0) is 4.79 Å². The number of nitro groups is 1. The minimum atomic E-state index is -0.750. The molecule has 2 aromatic rings. The minimum absolute atomic E-state index is 0.0381. The molecule has 2 rings (SSSR count). The topological polar surface area (TPSA) is 96.0 Å². The number of hydrogen-bond donors (Lipinski definition) is 1. The number of carbonyl (C=O) groups excluding carboxylic acids is 1. The molecule has 0 radical (unpaired) electrons. The zero-order chi connectivity index (χ0) is 17.7. The Morgan fingerprint density at radius 1 is 1.21 bits per heavy atom. The Hall–Kier alpha value is -2.88. The van der Waals surface area contributed by atoms with Gasteiger partial charge in [-0.3, -0.25) is 14.9 Å². The standard InChI is InChI=1S/C16H9Cl2N3O3/c17-13-4-2-1-3-10(13)7-11(9-19)16(22)20-15-8-12(21(23)24)5-6-14(15)18/h1-8H,(H,20,22)/b11-7+. The summed E-state index contributed by atoms with van der Waals surface area (Å²) in [6, 6.07) is 12.1. The Kier molecular flexibility index (Phi) is 5.53. The second-order valence-corrected chi connectivity index (χ2v) is 5.38. The molecule has 0 aliphatic heterocycles. The van der Waals surface area contributed by atoms with E-state index in [4.69, 9.17) is 23.2 Å². The van der Waals surface area contributed by atoms with Crippen molar-refractivity contribution < 1.29 is 9.72 Å². The first kappa shape index (κ1) is 17.5. The van der Waals surface area contributed by atoms with Gasteiger partial charge in [-0.1, -0.05) is 41.4 Å². The van der Waals surface area contributed by atoms with Crippen LogP contribution in [0, 0.1) is 21.4 Å². The second-order valence-electron chi connectivity index (χ2n) is 4.57. The molecule has 6 nitrogen and oxygen atoms in total. The number of anilines is 1. The van der Waals surface area contributed by atoms with Gasteiger partial charge in [0, 0.05) is 17.2 Å². The summed E-state index contributed by atoms with van der Waals surface area (Å²) in [5.41, 5.74) is 0.0844. The number of nitriles is 1. The van der Waals surface area contributed by atoms with E-state index in [0.29, 0.717) is 10.6 Å². The Morgan fingerprint density at radius 2 is 1.92 bits per heavy atom. The van der Waals surface area contributed by atoms with E-state index in [9.17, 15) is 20.2 Å². The van der Waals surface area contributed by atoms with Crippen LogP contribution in [0.1, 0.15) is 5.56 Å². The summed E-state index contributed by atoms with van der Waals surface area (Å²) in [6.45, 7) is 0. The third kappa shape index (κ3) is 4.10. The lowest BCUT2D eigenvalue weighted by molar-refractivity contribution is -0.384. The third-order valence-corrected chi connectivity index (χ3v) is 3.65. The van der Waals surface area contributed by atoms with Gasteiger partial charge in [0.2, 0.25) is 0 Å². The average Bonchev–Trinajstić information content (AvgIpc) is 2.55. The highest BCUT2D eigenvalue weighted by atomic mass is 35.5. The van der Waals surface area contributed by atoms with Crippen LogP contribution in [-0.4, -0.2) is 10.8 Å². The molecule has 8 heteroatoms. The van der Waals surface area contributed by atoms with Crippen LogP contribution in [0.2, 0.25) is 10.0 Å². The number of amides is 1.